The summed E-state index contributed by atoms with van der Waals surface area (Å²) in [4.78, 5) is 39.2. The van der Waals surface area contributed by atoms with Crippen LogP contribution in [-0.2, 0) is 9.53 Å². The van der Waals surface area contributed by atoms with Gasteiger partial charge < -0.3 is 25.3 Å². The maximum atomic E-state index is 12.2. The van der Waals surface area contributed by atoms with Crippen LogP contribution in [0.25, 0.3) is 17.2 Å². The lowest BCUT2D eigenvalue weighted by atomic mass is 10.2. The molecular formula is C19H23N7O3. The Morgan fingerprint density at radius 1 is 1.31 bits per heavy atom. The maximum absolute atomic E-state index is 12.2. The monoisotopic (exact) mass is 397 g/mol. The fourth-order valence-corrected chi connectivity index (χ4v) is 2.92. The van der Waals surface area contributed by atoms with Gasteiger partial charge in [-0.15, -0.1) is 0 Å². The molecule has 3 heterocycles. The first-order chi connectivity index (χ1) is 13.7. The average molecular weight is 397 g/mol. The highest BCUT2D eigenvalue weighted by molar-refractivity contribution is 6.02. The molecule has 0 aromatic carbocycles. The van der Waals surface area contributed by atoms with E-state index in [-0.39, 0.29) is 11.7 Å². The zero-order chi connectivity index (χ0) is 21.2. The van der Waals surface area contributed by atoms with E-state index in [0.29, 0.717) is 48.7 Å². The van der Waals surface area contributed by atoms with E-state index in [9.17, 15) is 9.59 Å². The quantitative estimate of drug-likeness (QED) is 0.589. The molecule has 0 atom stereocenters. The Morgan fingerprint density at radius 2 is 2.00 bits per heavy atom. The third kappa shape index (κ3) is 4.63. The number of hydrogen-bond acceptors (Lipinski definition) is 7. The van der Waals surface area contributed by atoms with Crippen LogP contribution < -0.4 is 10.6 Å². The summed E-state index contributed by atoms with van der Waals surface area (Å²) in [5.41, 5.74) is 6.13. The van der Waals surface area contributed by atoms with Crippen molar-refractivity contribution in [3.05, 3.63) is 23.5 Å². The highest BCUT2D eigenvalue weighted by Gasteiger charge is 2.26. The molecule has 10 nitrogen and oxygen atoms in total. The first kappa shape index (κ1) is 20.1. The number of carbonyl (C=O) groups is 2. The molecule has 152 valence electrons. The number of H-pyrrole nitrogens is 1. The predicted octanol–water partition coefficient (Wildman–Crippen LogP) is 1.41. The highest BCUT2D eigenvalue weighted by Crippen LogP contribution is 2.22. The van der Waals surface area contributed by atoms with Gasteiger partial charge in [-0.25, -0.2) is 14.8 Å². The number of nitriles is 1. The van der Waals surface area contributed by atoms with Crippen molar-refractivity contribution < 1.29 is 14.3 Å². The smallest absolute Gasteiger partial charge is 0.410 e. The van der Waals surface area contributed by atoms with Crippen molar-refractivity contribution in [1.82, 2.24) is 19.9 Å². The summed E-state index contributed by atoms with van der Waals surface area (Å²) in [5, 5.41) is 9.05. The number of aromatic amines is 1. The first-order valence-corrected chi connectivity index (χ1v) is 9.16. The van der Waals surface area contributed by atoms with E-state index in [4.69, 9.17) is 15.7 Å². The van der Waals surface area contributed by atoms with Crippen LogP contribution in [0.1, 0.15) is 26.3 Å². The summed E-state index contributed by atoms with van der Waals surface area (Å²) in [6.07, 6.45) is 4.33. The minimum absolute atomic E-state index is 0.163. The van der Waals surface area contributed by atoms with Crippen LogP contribution in [0.4, 0.5) is 10.6 Å². The Balaban J connectivity index is 1.77. The molecule has 10 heteroatoms. The molecule has 2 amide bonds. The normalized spacial score (nSPS) is 15.3. The highest BCUT2D eigenvalue weighted by atomic mass is 16.6. The number of carbonyl (C=O) groups excluding carboxylic acids is 2. The number of rotatable bonds is 3. The van der Waals surface area contributed by atoms with E-state index in [1.54, 1.807) is 23.4 Å². The van der Waals surface area contributed by atoms with Gasteiger partial charge >= 0.3 is 6.09 Å². The Bertz CT molecular complexity index is 1000. The molecule has 0 saturated carbocycles. The molecule has 1 aliphatic rings. The fraction of sp³-hybridized carbons (Fsp3) is 0.421. The number of nitrogens with two attached hydrogens (primary N) is 1. The first-order valence-electron chi connectivity index (χ1n) is 9.16. The summed E-state index contributed by atoms with van der Waals surface area (Å²) < 4.78 is 5.41. The van der Waals surface area contributed by atoms with Crippen LogP contribution in [0, 0.1) is 11.3 Å². The SMILES string of the molecule is CC(C)(C)OC(=O)N1CCN(c2cnc3[nH]cc(C=C(C#N)C(N)=O)c3n2)CC1. The predicted molar refractivity (Wildman–Crippen MR) is 107 cm³/mol. The van der Waals surface area contributed by atoms with Gasteiger partial charge in [-0.3, -0.25) is 4.79 Å². The zero-order valence-electron chi connectivity index (χ0n) is 16.6. The van der Waals surface area contributed by atoms with Crippen LogP contribution in [0.2, 0.25) is 0 Å². The second-order valence-corrected chi connectivity index (χ2v) is 7.66. The molecule has 2 aromatic heterocycles. The summed E-state index contributed by atoms with van der Waals surface area (Å²) in [6.45, 7) is 7.70. The number of amides is 2. The summed E-state index contributed by atoms with van der Waals surface area (Å²) in [6, 6.07) is 1.78. The van der Waals surface area contributed by atoms with Crippen LogP contribution >= 0.6 is 0 Å². The van der Waals surface area contributed by atoms with Crippen molar-refractivity contribution in [2.45, 2.75) is 26.4 Å². The molecule has 3 N–H and O–H groups in total. The molecule has 0 bridgehead atoms. The Morgan fingerprint density at radius 3 is 2.59 bits per heavy atom. The molecule has 3 rings (SSSR count). The molecule has 0 radical (unpaired) electrons. The van der Waals surface area contributed by atoms with Gasteiger partial charge in [0, 0.05) is 37.9 Å². The second-order valence-electron chi connectivity index (χ2n) is 7.66. The number of hydrogen-bond donors (Lipinski definition) is 2. The topological polar surface area (TPSA) is 141 Å². The molecule has 0 spiro atoms. The lowest BCUT2D eigenvalue weighted by molar-refractivity contribution is -0.114. The van der Waals surface area contributed by atoms with E-state index < -0.39 is 11.5 Å². The second kappa shape index (κ2) is 7.79. The lowest BCUT2D eigenvalue weighted by Crippen LogP contribution is -2.50. The van der Waals surface area contributed by atoms with E-state index in [0.717, 1.165) is 0 Å². The van der Waals surface area contributed by atoms with E-state index >= 15 is 0 Å². The van der Waals surface area contributed by atoms with E-state index in [2.05, 4.69) is 15.0 Å². The molecule has 1 fully saturated rings. The molecule has 29 heavy (non-hydrogen) atoms. The largest absolute Gasteiger partial charge is 0.444 e. The van der Waals surface area contributed by atoms with Crippen molar-refractivity contribution in [2.24, 2.45) is 5.73 Å². The molecular weight excluding hydrogens is 374 g/mol. The number of anilines is 1. The zero-order valence-corrected chi connectivity index (χ0v) is 16.6. The Hall–Kier alpha value is -3.61. The van der Waals surface area contributed by atoms with Crippen LogP contribution in [0.15, 0.2) is 18.0 Å². The van der Waals surface area contributed by atoms with Crippen molar-refractivity contribution in [3.8, 4) is 6.07 Å². The minimum Gasteiger partial charge on any atom is -0.444 e. The standard InChI is InChI=1S/C19H23N7O3/c1-19(2,3)29-18(28)26-6-4-25(5-7-26)14-11-23-17-15(24-14)13(10-22-17)8-12(9-20)16(21)27/h8,10-11H,4-7H2,1-3H3,(H2,21,27)(H,22,23). The number of nitrogens with one attached hydrogen (secondary N) is 1. The van der Waals surface area contributed by atoms with Gasteiger partial charge in [-0.2, -0.15) is 5.26 Å². The van der Waals surface area contributed by atoms with Gasteiger partial charge in [0.2, 0.25) is 0 Å². The third-order valence-corrected chi connectivity index (χ3v) is 4.34. The van der Waals surface area contributed by atoms with Gasteiger partial charge in [0.25, 0.3) is 5.91 Å². The van der Waals surface area contributed by atoms with Gasteiger partial charge in [0.05, 0.1) is 6.20 Å². The third-order valence-electron chi connectivity index (χ3n) is 4.34. The van der Waals surface area contributed by atoms with Crippen LogP contribution in [0.3, 0.4) is 0 Å². The summed E-state index contributed by atoms with van der Waals surface area (Å²) in [7, 11) is 0. The lowest BCUT2D eigenvalue weighted by Gasteiger charge is -2.36. The van der Waals surface area contributed by atoms with Gasteiger partial charge in [-0.05, 0) is 26.8 Å². The van der Waals surface area contributed by atoms with E-state index in [1.807, 2.05) is 25.7 Å². The van der Waals surface area contributed by atoms with Crippen LogP contribution in [0.5, 0.6) is 0 Å². The Kier molecular flexibility index (Phi) is 5.41. The number of aromatic nitrogens is 3. The van der Waals surface area contributed by atoms with Crippen LogP contribution in [-0.4, -0.2) is 63.6 Å². The van der Waals surface area contributed by atoms with Crippen molar-refractivity contribution in [2.75, 3.05) is 31.1 Å². The van der Waals surface area contributed by atoms with Gasteiger partial charge in [0.1, 0.15) is 28.6 Å². The number of primary amides is 1. The molecule has 2 aromatic rings. The molecule has 1 aliphatic heterocycles. The number of ether oxygens (including phenoxy) is 1. The van der Waals surface area contributed by atoms with Crippen molar-refractivity contribution in [1.29, 1.82) is 5.26 Å². The summed E-state index contributed by atoms with van der Waals surface area (Å²) >= 11 is 0. The minimum atomic E-state index is -0.802. The fourth-order valence-electron chi connectivity index (χ4n) is 2.92. The van der Waals surface area contributed by atoms with Crippen molar-refractivity contribution in [3.63, 3.8) is 0 Å². The average Bonchev–Trinajstić information content (AvgIpc) is 3.06. The van der Waals surface area contributed by atoms with Gasteiger partial charge in [0.15, 0.2) is 5.65 Å². The maximum Gasteiger partial charge on any atom is 0.410 e. The summed E-state index contributed by atoms with van der Waals surface area (Å²) in [5.74, 6) is -0.155. The molecule has 0 unspecified atom stereocenters. The molecule has 0 aliphatic carbocycles. The van der Waals surface area contributed by atoms with E-state index in [1.165, 1.54) is 6.08 Å². The number of fused-ring (bicyclic) bond motifs is 1. The molecule has 1 saturated heterocycles. The number of nitrogens with zero attached hydrogens (tertiary/aromatic N) is 5. The Labute approximate surface area is 167 Å². The van der Waals surface area contributed by atoms with Gasteiger partial charge in [-0.1, -0.05) is 0 Å². The number of piperazine rings is 1. The van der Waals surface area contributed by atoms with Crippen molar-refractivity contribution >= 4 is 35.1 Å².